The topological polar surface area (TPSA) is 110 Å². The number of rotatable bonds is 7. The molecular weight excluding hydrogens is 556 g/mol. The molecule has 0 spiro atoms. The number of anilines is 3. The Morgan fingerprint density at radius 3 is 2.42 bits per heavy atom. The lowest BCUT2D eigenvalue weighted by Gasteiger charge is -2.29. The molecule has 11 heteroatoms. The van der Waals surface area contributed by atoms with Gasteiger partial charge in [0.2, 0.25) is 0 Å². The summed E-state index contributed by atoms with van der Waals surface area (Å²) in [6.45, 7) is 3.60. The van der Waals surface area contributed by atoms with Gasteiger partial charge < -0.3 is 24.7 Å². The van der Waals surface area contributed by atoms with Crippen molar-refractivity contribution < 1.29 is 27.5 Å². The molecule has 0 bridgehead atoms. The van der Waals surface area contributed by atoms with Crippen LogP contribution in [0.3, 0.4) is 0 Å². The van der Waals surface area contributed by atoms with Gasteiger partial charge in [-0.2, -0.15) is 0 Å². The summed E-state index contributed by atoms with van der Waals surface area (Å²) in [5.74, 6) is 0.00288. The van der Waals surface area contributed by atoms with E-state index in [9.17, 15) is 9.59 Å². The molecule has 1 fully saturated rings. The maximum absolute atomic E-state index is 15.3. The summed E-state index contributed by atoms with van der Waals surface area (Å²) in [6.07, 6.45) is 1.77. The van der Waals surface area contributed by atoms with Crippen LogP contribution in [0.4, 0.5) is 30.8 Å². The Kier molecular flexibility index (Phi) is 7.80. The number of Topliss-reactive ketones (excluding diaryl/α,β-unsaturated/α-hetero) is 1. The van der Waals surface area contributed by atoms with Gasteiger partial charge in [-0.25, -0.2) is 23.5 Å². The maximum Gasteiger partial charge on any atom is 0.323 e. The van der Waals surface area contributed by atoms with Gasteiger partial charge in [0.05, 0.1) is 36.2 Å². The number of carbonyl (C=O) groups is 2. The molecule has 0 saturated carbocycles. The van der Waals surface area contributed by atoms with E-state index >= 15 is 8.78 Å². The number of ketones is 1. The summed E-state index contributed by atoms with van der Waals surface area (Å²) < 4.78 is 41.4. The Hall–Kier alpha value is -5.16. The van der Waals surface area contributed by atoms with Crippen LogP contribution >= 0.6 is 0 Å². The highest BCUT2D eigenvalue weighted by Gasteiger charge is 2.21. The molecule has 43 heavy (non-hydrogen) atoms. The van der Waals surface area contributed by atoms with E-state index < -0.39 is 17.7 Å². The van der Waals surface area contributed by atoms with Crippen LogP contribution in [0.2, 0.25) is 0 Å². The molecule has 9 nitrogen and oxygen atoms in total. The summed E-state index contributed by atoms with van der Waals surface area (Å²) >= 11 is 0. The summed E-state index contributed by atoms with van der Waals surface area (Å²) in [5.41, 5.74) is 2.38. The highest BCUT2D eigenvalue weighted by Crippen LogP contribution is 2.34. The Morgan fingerprint density at radius 1 is 0.930 bits per heavy atom. The van der Waals surface area contributed by atoms with Gasteiger partial charge in [-0.1, -0.05) is 12.1 Å². The summed E-state index contributed by atoms with van der Waals surface area (Å²) in [5, 5.41) is 5.68. The van der Waals surface area contributed by atoms with Crippen molar-refractivity contribution in [2.75, 3.05) is 41.8 Å². The lowest BCUT2D eigenvalue weighted by Crippen LogP contribution is -2.37. The number of aromatic nitrogens is 2. The molecule has 0 aliphatic carbocycles. The van der Waals surface area contributed by atoms with Crippen LogP contribution < -0.4 is 15.5 Å². The van der Waals surface area contributed by atoms with Crippen LogP contribution in [0, 0.1) is 11.6 Å². The maximum atomic E-state index is 15.3. The van der Waals surface area contributed by atoms with E-state index in [0.29, 0.717) is 66.5 Å². The number of halogens is 2. The van der Waals surface area contributed by atoms with E-state index in [-0.39, 0.29) is 22.9 Å². The van der Waals surface area contributed by atoms with Crippen LogP contribution in [0.1, 0.15) is 12.5 Å². The fraction of sp³-hybridized carbons (Fsp3) is 0.188. The van der Waals surface area contributed by atoms with Gasteiger partial charge in [0.1, 0.15) is 29.0 Å². The van der Waals surface area contributed by atoms with Crippen molar-refractivity contribution in [3.63, 3.8) is 0 Å². The van der Waals surface area contributed by atoms with Crippen LogP contribution in [0.5, 0.6) is 0 Å². The Bertz CT molecular complexity index is 1800. The number of nitrogens with one attached hydrogen (secondary N) is 2. The van der Waals surface area contributed by atoms with E-state index in [1.807, 2.05) is 4.90 Å². The van der Waals surface area contributed by atoms with Crippen LogP contribution in [-0.2, 0) is 16.0 Å². The molecule has 2 aromatic heterocycles. The van der Waals surface area contributed by atoms with E-state index in [2.05, 4.69) is 15.6 Å². The van der Waals surface area contributed by atoms with Crippen molar-refractivity contribution in [2.24, 2.45) is 0 Å². The van der Waals surface area contributed by atoms with Gasteiger partial charge in [0.25, 0.3) is 0 Å². The number of hydrogen-bond donors (Lipinski definition) is 2. The first-order chi connectivity index (χ1) is 20.8. The number of ether oxygens (including phenoxy) is 1. The Labute approximate surface area is 245 Å². The number of carbonyl (C=O) groups excluding carboxylic acids is 2. The molecule has 1 aliphatic rings. The number of amides is 2. The predicted octanol–water partition coefficient (Wildman–Crippen LogP) is 6.45. The normalized spacial score (nSPS) is 13.2. The predicted molar refractivity (Wildman–Crippen MR) is 159 cm³/mol. The summed E-state index contributed by atoms with van der Waals surface area (Å²) in [4.78, 5) is 35.2. The van der Waals surface area contributed by atoms with Gasteiger partial charge >= 0.3 is 6.03 Å². The van der Waals surface area contributed by atoms with E-state index in [1.54, 1.807) is 48.5 Å². The molecule has 6 rings (SSSR count). The zero-order valence-corrected chi connectivity index (χ0v) is 23.2. The van der Waals surface area contributed by atoms with Crippen molar-refractivity contribution in [1.82, 2.24) is 9.97 Å². The number of nitrogens with zero attached hydrogens (tertiary/aromatic N) is 3. The van der Waals surface area contributed by atoms with Crippen molar-refractivity contribution >= 4 is 39.9 Å². The molecule has 5 aromatic rings. The summed E-state index contributed by atoms with van der Waals surface area (Å²) in [6, 6.07) is 16.8. The molecule has 2 N–H and O–H groups in total. The average Bonchev–Trinajstić information content (AvgIpc) is 3.53. The lowest BCUT2D eigenvalue weighted by molar-refractivity contribution is -0.116. The second-order valence-electron chi connectivity index (χ2n) is 10.1. The van der Waals surface area contributed by atoms with Crippen molar-refractivity contribution in [2.45, 2.75) is 13.3 Å². The first-order valence-corrected chi connectivity index (χ1v) is 13.7. The van der Waals surface area contributed by atoms with Gasteiger partial charge in [-0.3, -0.25) is 4.79 Å². The van der Waals surface area contributed by atoms with Gasteiger partial charge in [0, 0.05) is 36.1 Å². The lowest BCUT2D eigenvalue weighted by atomic mass is 10.1. The first kappa shape index (κ1) is 28.0. The first-order valence-electron chi connectivity index (χ1n) is 13.7. The van der Waals surface area contributed by atoms with E-state index in [0.717, 1.165) is 5.56 Å². The van der Waals surface area contributed by atoms with Gasteiger partial charge in [0.15, 0.2) is 5.82 Å². The minimum atomic E-state index is -0.684. The molecule has 1 aliphatic heterocycles. The molecule has 0 atom stereocenters. The number of fused-ring (bicyclic) bond motifs is 1. The average molecular weight is 584 g/mol. The minimum Gasteiger partial charge on any atom is -0.464 e. The second kappa shape index (κ2) is 12.0. The number of urea groups is 1. The quantitative estimate of drug-likeness (QED) is 0.227. The Balaban J connectivity index is 1.28. The molecule has 3 heterocycles. The molecule has 3 aromatic carbocycles. The SMILES string of the molecule is CC(=O)Cc1ccc(NC(=O)Nc2ccc(-c3nc(N4CCOCC4)c4cc(F)c(-c5ccco5)cc4n3)cc2F)cc1. The van der Waals surface area contributed by atoms with Gasteiger partial charge in [-0.15, -0.1) is 0 Å². The fourth-order valence-corrected chi connectivity index (χ4v) is 4.93. The molecule has 218 valence electrons. The number of morpholine rings is 1. The van der Waals surface area contributed by atoms with Crippen molar-refractivity contribution in [1.29, 1.82) is 0 Å². The zero-order chi connectivity index (χ0) is 29.9. The third-order valence-corrected chi connectivity index (χ3v) is 7.00. The third-order valence-electron chi connectivity index (χ3n) is 7.00. The van der Waals surface area contributed by atoms with Crippen LogP contribution in [0.25, 0.3) is 33.6 Å². The highest BCUT2D eigenvalue weighted by atomic mass is 19.1. The zero-order valence-electron chi connectivity index (χ0n) is 23.2. The smallest absolute Gasteiger partial charge is 0.323 e. The number of furan rings is 1. The second-order valence-corrected chi connectivity index (χ2v) is 10.1. The largest absolute Gasteiger partial charge is 0.464 e. The summed E-state index contributed by atoms with van der Waals surface area (Å²) in [7, 11) is 0. The monoisotopic (exact) mass is 583 g/mol. The van der Waals surface area contributed by atoms with Crippen molar-refractivity contribution in [3.8, 4) is 22.7 Å². The number of hydrogen-bond acceptors (Lipinski definition) is 7. The molecule has 1 saturated heterocycles. The van der Waals surface area contributed by atoms with E-state index in [1.165, 1.54) is 31.4 Å². The molecular formula is C32H27F2N5O4. The highest BCUT2D eigenvalue weighted by molar-refractivity contribution is 6.00. The van der Waals surface area contributed by atoms with Crippen molar-refractivity contribution in [3.05, 3.63) is 90.2 Å². The Morgan fingerprint density at radius 2 is 1.72 bits per heavy atom. The fourth-order valence-electron chi connectivity index (χ4n) is 4.93. The molecule has 0 radical (unpaired) electrons. The number of benzene rings is 3. The van der Waals surface area contributed by atoms with Gasteiger partial charge in [-0.05, 0) is 67.1 Å². The van der Waals surface area contributed by atoms with E-state index in [4.69, 9.17) is 14.1 Å². The molecule has 2 amide bonds. The third kappa shape index (κ3) is 6.21. The minimum absolute atomic E-state index is 0.0363. The molecule has 0 unspecified atom stereocenters. The standard InChI is InChI=1S/C32H27F2N5O4/c1-19(40)15-20-4-7-22(8-5-20)35-32(41)37-27-9-6-21(16-26(27)34)30-36-28-18-23(29-3-2-12-43-29)25(33)17-24(28)31(38-30)39-10-13-42-14-11-39/h2-9,12,16-18H,10-11,13-15H2,1H3,(H2,35,37,41). The van der Waals surface area contributed by atoms with Crippen LogP contribution in [-0.4, -0.2) is 48.1 Å². The van der Waals surface area contributed by atoms with Crippen LogP contribution in [0.15, 0.2) is 77.4 Å².